The van der Waals surface area contributed by atoms with E-state index in [4.69, 9.17) is 4.74 Å². The summed E-state index contributed by atoms with van der Waals surface area (Å²) in [4.78, 5) is 42.1. The van der Waals surface area contributed by atoms with E-state index < -0.39 is 29.7 Å². The van der Waals surface area contributed by atoms with Crippen LogP contribution in [0.15, 0.2) is 61.2 Å². The van der Waals surface area contributed by atoms with Crippen molar-refractivity contribution in [2.45, 2.75) is 84.5 Å². The van der Waals surface area contributed by atoms with Gasteiger partial charge in [0.1, 0.15) is 23.4 Å². The largest absolute Gasteiger partial charge is 0.508 e. The molecule has 8 heteroatoms. The van der Waals surface area contributed by atoms with Gasteiger partial charge in [0.05, 0.1) is 0 Å². The molecular weight excluding hydrogens is 494 g/mol. The van der Waals surface area contributed by atoms with Crippen molar-refractivity contribution in [3.05, 3.63) is 77.9 Å². The number of carbonyl (C=O) groups is 3. The number of hydrogen-bond donors (Lipinski definition) is 3. The van der Waals surface area contributed by atoms with E-state index in [9.17, 15) is 19.5 Å². The lowest BCUT2D eigenvalue weighted by molar-refractivity contribution is -0.142. The molecule has 0 fully saturated rings. The van der Waals surface area contributed by atoms with Crippen LogP contribution in [0.25, 0.3) is 0 Å². The number of alkyl carbamates (subject to hydrolysis) is 1. The van der Waals surface area contributed by atoms with Crippen LogP contribution in [0.5, 0.6) is 5.75 Å². The van der Waals surface area contributed by atoms with Gasteiger partial charge in [-0.05, 0) is 64.3 Å². The molecule has 3 N–H and O–H groups in total. The van der Waals surface area contributed by atoms with Gasteiger partial charge in [0.15, 0.2) is 0 Å². The molecule has 0 saturated carbocycles. The Morgan fingerprint density at radius 3 is 2.33 bits per heavy atom. The highest BCUT2D eigenvalue weighted by molar-refractivity contribution is 5.92. The van der Waals surface area contributed by atoms with Crippen LogP contribution < -0.4 is 10.6 Å². The molecule has 2 aromatic carbocycles. The van der Waals surface area contributed by atoms with E-state index in [0.717, 1.165) is 18.4 Å². The van der Waals surface area contributed by atoms with E-state index in [2.05, 4.69) is 17.2 Å². The quantitative estimate of drug-likeness (QED) is 0.323. The van der Waals surface area contributed by atoms with Gasteiger partial charge < -0.3 is 25.4 Å². The number of phenols is 1. The van der Waals surface area contributed by atoms with Crippen molar-refractivity contribution in [2.75, 3.05) is 6.54 Å². The second-order valence-corrected chi connectivity index (χ2v) is 10.9. The van der Waals surface area contributed by atoms with E-state index in [-0.39, 0.29) is 30.7 Å². The maximum atomic E-state index is 14.2. The molecule has 0 aliphatic carbocycles. The van der Waals surface area contributed by atoms with Gasteiger partial charge >= 0.3 is 6.09 Å². The molecule has 0 bridgehead atoms. The molecule has 3 atom stereocenters. The van der Waals surface area contributed by atoms with Crippen LogP contribution in [-0.4, -0.2) is 52.1 Å². The number of rotatable bonds is 12. The molecule has 0 aliphatic heterocycles. The second kappa shape index (κ2) is 14.4. The zero-order valence-corrected chi connectivity index (χ0v) is 24.0. The van der Waals surface area contributed by atoms with Crippen molar-refractivity contribution < 1.29 is 24.2 Å². The third-order valence-electron chi connectivity index (χ3n) is 6.00. The third kappa shape index (κ3) is 10.1. The fourth-order valence-corrected chi connectivity index (χ4v) is 4.32. The highest BCUT2D eigenvalue weighted by Gasteiger charge is 2.36. The Morgan fingerprint density at radius 2 is 1.77 bits per heavy atom. The normalized spacial score (nSPS) is 13.5. The lowest BCUT2D eigenvalue weighted by Crippen LogP contribution is -2.54. The van der Waals surface area contributed by atoms with Gasteiger partial charge in [-0.1, -0.05) is 61.4 Å². The molecule has 8 nitrogen and oxygen atoms in total. The summed E-state index contributed by atoms with van der Waals surface area (Å²) < 4.78 is 5.44. The predicted molar refractivity (Wildman–Crippen MR) is 153 cm³/mol. The average molecular weight is 538 g/mol. The fraction of sp³-hybridized carbons (Fsp3) is 0.452. The molecule has 0 heterocycles. The molecule has 212 valence electrons. The minimum Gasteiger partial charge on any atom is -0.508 e. The molecular formula is C31H43N3O5. The van der Waals surface area contributed by atoms with Crippen molar-refractivity contribution in [2.24, 2.45) is 0 Å². The summed E-state index contributed by atoms with van der Waals surface area (Å²) >= 11 is 0. The Bertz CT molecular complexity index is 1120. The number of benzene rings is 2. The highest BCUT2D eigenvalue weighted by atomic mass is 16.6. The third-order valence-corrected chi connectivity index (χ3v) is 6.00. The molecule has 0 spiro atoms. The minimum atomic E-state index is -1.04. The lowest BCUT2D eigenvalue weighted by atomic mass is 9.98. The van der Waals surface area contributed by atoms with E-state index in [1.54, 1.807) is 39.0 Å². The standard InChI is InChI=1S/C31H43N3O5/c1-8-11-22(4)32-28(36)27(24-13-10-12-21(3)19-24)34(18-9-2)29(37)26(33-30(38)39-31(5,6)7)20-23-14-16-25(35)17-15-23/h9-10,12-17,19,22,26-27,35H,2,8,11,18,20H2,1,3-7H3,(H,32,36)(H,33,38). The number of nitrogens with zero attached hydrogens (tertiary/aromatic N) is 1. The Balaban J connectivity index is 2.53. The first-order chi connectivity index (χ1) is 18.3. The molecule has 2 rings (SSSR count). The molecule has 39 heavy (non-hydrogen) atoms. The van der Waals surface area contributed by atoms with Gasteiger partial charge in [0, 0.05) is 19.0 Å². The number of aryl methyl sites for hydroxylation is 1. The van der Waals surface area contributed by atoms with Crippen molar-refractivity contribution in [3.8, 4) is 5.75 Å². The molecule has 0 aliphatic rings. The lowest BCUT2D eigenvalue weighted by Gasteiger charge is -2.34. The van der Waals surface area contributed by atoms with Crippen LogP contribution in [0, 0.1) is 6.92 Å². The number of nitrogens with one attached hydrogen (secondary N) is 2. The summed E-state index contributed by atoms with van der Waals surface area (Å²) in [6, 6.07) is 11.8. The molecule has 0 saturated heterocycles. The van der Waals surface area contributed by atoms with Crippen molar-refractivity contribution >= 4 is 17.9 Å². The van der Waals surface area contributed by atoms with E-state index in [1.165, 1.54) is 17.0 Å². The summed E-state index contributed by atoms with van der Waals surface area (Å²) in [5.41, 5.74) is 1.56. The first kappa shape index (κ1) is 31.4. The Morgan fingerprint density at radius 1 is 1.10 bits per heavy atom. The zero-order valence-electron chi connectivity index (χ0n) is 24.0. The minimum absolute atomic E-state index is 0.0785. The van der Waals surface area contributed by atoms with Gasteiger partial charge in [-0.25, -0.2) is 4.79 Å². The monoisotopic (exact) mass is 537 g/mol. The first-order valence-electron chi connectivity index (χ1n) is 13.4. The van der Waals surface area contributed by atoms with Crippen LogP contribution in [0.3, 0.4) is 0 Å². The molecule has 0 radical (unpaired) electrons. The van der Waals surface area contributed by atoms with Crippen LogP contribution in [0.4, 0.5) is 4.79 Å². The summed E-state index contributed by atoms with van der Waals surface area (Å²) in [5.74, 6) is -0.677. The van der Waals surface area contributed by atoms with Crippen molar-refractivity contribution in [1.82, 2.24) is 15.5 Å². The molecule has 0 aromatic heterocycles. The summed E-state index contributed by atoms with van der Waals surface area (Å²) in [7, 11) is 0. The van der Waals surface area contributed by atoms with E-state index >= 15 is 0 Å². The maximum absolute atomic E-state index is 14.2. The number of phenolic OH excluding ortho intramolecular Hbond substituents is 1. The van der Waals surface area contributed by atoms with Gasteiger partial charge in [0.2, 0.25) is 11.8 Å². The van der Waals surface area contributed by atoms with Gasteiger partial charge in [-0.3, -0.25) is 9.59 Å². The van der Waals surface area contributed by atoms with Crippen LogP contribution in [-0.2, 0) is 20.7 Å². The number of hydrogen-bond acceptors (Lipinski definition) is 5. The SMILES string of the molecule is C=CCN(C(=O)C(Cc1ccc(O)cc1)NC(=O)OC(C)(C)C)C(C(=O)NC(C)CCC)c1cccc(C)c1. The Hall–Kier alpha value is -3.81. The fourth-order valence-electron chi connectivity index (χ4n) is 4.32. The molecule has 3 unspecified atom stereocenters. The predicted octanol–water partition coefficient (Wildman–Crippen LogP) is 5.20. The van der Waals surface area contributed by atoms with Crippen molar-refractivity contribution in [3.63, 3.8) is 0 Å². The number of aromatic hydroxyl groups is 1. The van der Waals surface area contributed by atoms with E-state index in [0.29, 0.717) is 11.1 Å². The van der Waals surface area contributed by atoms with E-state index in [1.807, 2.05) is 45.0 Å². The summed E-state index contributed by atoms with van der Waals surface area (Å²) in [5, 5.41) is 15.5. The van der Waals surface area contributed by atoms with Gasteiger partial charge in [-0.15, -0.1) is 6.58 Å². The topological polar surface area (TPSA) is 108 Å². The molecule has 2 aromatic rings. The summed E-state index contributed by atoms with van der Waals surface area (Å²) in [6.45, 7) is 15.0. The average Bonchev–Trinajstić information content (AvgIpc) is 2.83. The Kier molecular flexibility index (Phi) is 11.6. The van der Waals surface area contributed by atoms with Crippen LogP contribution >= 0.6 is 0 Å². The number of amides is 3. The smallest absolute Gasteiger partial charge is 0.408 e. The van der Waals surface area contributed by atoms with Gasteiger partial charge in [0.25, 0.3) is 0 Å². The number of carbonyl (C=O) groups excluding carboxylic acids is 3. The van der Waals surface area contributed by atoms with Crippen molar-refractivity contribution in [1.29, 1.82) is 0 Å². The summed E-state index contributed by atoms with van der Waals surface area (Å²) in [6.07, 6.45) is 2.65. The second-order valence-electron chi connectivity index (χ2n) is 10.9. The molecule has 3 amide bonds. The zero-order chi connectivity index (χ0) is 29.2. The van der Waals surface area contributed by atoms with Gasteiger partial charge in [-0.2, -0.15) is 0 Å². The first-order valence-corrected chi connectivity index (χ1v) is 13.4. The number of ether oxygens (including phenoxy) is 1. The highest BCUT2D eigenvalue weighted by Crippen LogP contribution is 2.25. The maximum Gasteiger partial charge on any atom is 0.408 e. The Labute approximate surface area is 232 Å². The van der Waals surface area contributed by atoms with Crippen LogP contribution in [0.1, 0.15) is 70.2 Å². The van der Waals surface area contributed by atoms with Crippen LogP contribution in [0.2, 0.25) is 0 Å².